The van der Waals surface area contributed by atoms with Crippen molar-refractivity contribution < 1.29 is 9.47 Å². The quantitative estimate of drug-likeness (QED) is 0.711. The van der Waals surface area contributed by atoms with Crippen LogP contribution in [-0.2, 0) is 9.47 Å². The molecule has 1 saturated carbocycles. The number of hydrogen-bond donors (Lipinski definition) is 0. The monoisotopic (exact) mass is 252 g/mol. The minimum atomic E-state index is 0.328. The van der Waals surface area contributed by atoms with Crippen molar-refractivity contribution in [3.8, 4) is 0 Å². The average Bonchev–Trinajstić information content (AvgIpc) is 2.38. The first-order chi connectivity index (χ1) is 8.65. The van der Waals surface area contributed by atoms with Crippen molar-refractivity contribution in [1.29, 1.82) is 0 Å². The van der Waals surface area contributed by atoms with Crippen LogP contribution in [0.4, 0.5) is 0 Å². The van der Waals surface area contributed by atoms with E-state index < -0.39 is 0 Å². The zero-order valence-electron chi connectivity index (χ0n) is 12.3. The standard InChI is InChI=1S/C16H28O2/c1-11-5-7-15(17-3)13(9-11)14-10-12(2)6-8-16(14)18-4/h9,11-12,14-16H,5-8,10H2,1-4H3. The first kappa shape index (κ1) is 14.1. The molecule has 0 N–H and O–H groups in total. The molecule has 0 amide bonds. The highest BCUT2D eigenvalue weighted by Crippen LogP contribution is 2.40. The molecule has 2 nitrogen and oxygen atoms in total. The summed E-state index contributed by atoms with van der Waals surface area (Å²) in [6, 6.07) is 0. The molecule has 0 saturated heterocycles. The molecule has 1 fully saturated rings. The molecule has 2 aliphatic rings. The van der Waals surface area contributed by atoms with E-state index in [9.17, 15) is 0 Å². The van der Waals surface area contributed by atoms with Gasteiger partial charge in [0.1, 0.15) is 0 Å². The highest BCUT2D eigenvalue weighted by molar-refractivity contribution is 5.19. The van der Waals surface area contributed by atoms with E-state index in [-0.39, 0.29) is 0 Å². The highest BCUT2D eigenvalue weighted by atomic mass is 16.5. The van der Waals surface area contributed by atoms with Gasteiger partial charge in [0.25, 0.3) is 0 Å². The molecule has 0 heterocycles. The first-order valence-electron chi connectivity index (χ1n) is 7.42. The molecule has 0 radical (unpaired) electrons. The second-order valence-electron chi connectivity index (χ2n) is 6.24. The van der Waals surface area contributed by atoms with Crippen LogP contribution in [0.25, 0.3) is 0 Å². The fraction of sp³-hybridized carbons (Fsp3) is 0.875. The zero-order chi connectivity index (χ0) is 13.1. The average molecular weight is 252 g/mol. The van der Waals surface area contributed by atoms with E-state index in [4.69, 9.17) is 9.47 Å². The summed E-state index contributed by atoms with van der Waals surface area (Å²) in [4.78, 5) is 0. The maximum Gasteiger partial charge on any atom is 0.0785 e. The lowest BCUT2D eigenvalue weighted by molar-refractivity contribution is 0.00750. The van der Waals surface area contributed by atoms with Gasteiger partial charge in [0.2, 0.25) is 0 Å². The molecule has 18 heavy (non-hydrogen) atoms. The number of methoxy groups -OCH3 is 2. The summed E-state index contributed by atoms with van der Waals surface area (Å²) in [5.74, 6) is 2.09. The molecule has 5 unspecified atom stereocenters. The molecule has 2 rings (SSSR count). The summed E-state index contributed by atoms with van der Waals surface area (Å²) in [5.41, 5.74) is 1.52. The van der Waals surface area contributed by atoms with Gasteiger partial charge in [0.15, 0.2) is 0 Å². The largest absolute Gasteiger partial charge is 0.381 e. The maximum absolute atomic E-state index is 5.74. The van der Waals surface area contributed by atoms with Crippen molar-refractivity contribution in [2.45, 2.75) is 58.2 Å². The Morgan fingerprint density at radius 2 is 1.78 bits per heavy atom. The minimum absolute atomic E-state index is 0.328. The third-order valence-corrected chi connectivity index (χ3v) is 4.80. The van der Waals surface area contributed by atoms with Crippen LogP contribution < -0.4 is 0 Å². The van der Waals surface area contributed by atoms with Crippen molar-refractivity contribution in [2.24, 2.45) is 17.8 Å². The van der Waals surface area contributed by atoms with Gasteiger partial charge in [-0.15, -0.1) is 0 Å². The Balaban J connectivity index is 2.19. The van der Waals surface area contributed by atoms with Crippen molar-refractivity contribution in [1.82, 2.24) is 0 Å². The Hall–Kier alpha value is -0.340. The zero-order valence-corrected chi connectivity index (χ0v) is 12.3. The van der Waals surface area contributed by atoms with Crippen LogP contribution in [0.1, 0.15) is 46.0 Å². The summed E-state index contributed by atoms with van der Waals surface area (Å²) in [6.45, 7) is 4.69. The van der Waals surface area contributed by atoms with Crippen LogP contribution in [0.15, 0.2) is 11.6 Å². The Morgan fingerprint density at radius 3 is 2.44 bits per heavy atom. The lowest BCUT2D eigenvalue weighted by atomic mass is 9.72. The lowest BCUT2D eigenvalue weighted by Gasteiger charge is -2.40. The van der Waals surface area contributed by atoms with Crippen LogP contribution in [-0.4, -0.2) is 26.4 Å². The van der Waals surface area contributed by atoms with Crippen LogP contribution in [0.3, 0.4) is 0 Å². The van der Waals surface area contributed by atoms with E-state index in [1.54, 1.807) is 0 Å². The van der Waals surface area contributed by atoms with Crippen molar-refractivity contribution >= 4 is 0 Å². The SMILES string of the molecule is COC1CCC(C)C=C1C1CC(C)CCC1OC. The Labute approximate surface area is 112 Å². The third-order valence-electron chi connectivity index (χ3n) is 4.80. The first-order valence-corrected chi connectivity index (χ1v) is 7.42. The summed E-state index contributed by atoms with van der Waals surface area (Å²) in [6.07, 6.45) is 9.38. The van der Waals surface area contributed by atoms with Gasteiger partial charge in [-0.25, -0.2) is 0 Å². The third kappa shape index (κ3) is 2.97. The van der Waals surface area contributed by atoms with Gasteiger partial charge < -0.3 is 9.47 Å². The van der Waals surface area contributed by atoms with Crippen molar-refractivity contribution in [3.63, 3.8) is 0 Å². The van der Waals surface area contributed by atoms with Gasteiger partial charge in [-0.2, -0.15) is 0 Å². The molecular weight excluding hydrogens is 224 g/mol. The van der Waals surface area contributed by atoms with E-state index in [1.807, 2.05) is 14.2 Å². The summed E-state index contributed by atoms with van der Waals surface area (Å²) >= 11 is 0. The van der Waals surface area contributed by atoms with Crippen LogP contribution in [0.2, 0.25) is 0 Å². The number of rotatable bonds is 3. The van der Waals surface area contributed by atoms with Crippen LogP contribution in [0, 0.1) is 17.8 Å². The van der Waals surface area contributed by atoms with Crippen LogP contribution in [0.5, 0.6) is 0 Å². The van der Waals surface area contributed by atoms with Gasteiger partial charge in [-0.05, 0) is 49.5 Å². The molecule has 0 aromatic heterocycles. The smallest absolute Gasteiger partial charge is 0.0785 e. The van der Waals surface area contributed by atoms with E-state index in [0.717, 1.165) is 5.92 Å². The Kier molecular flexibility index (Phi) is 4.85. The molecule has 0 aliphatic heterocycles. The molecule has 0 aromatic carbocycles. The fourth-order valence-corrected chi connectivity index (χ4v) is 3.70. The topological polar surface area (TPSA) is 18.5 Å². The number of ether oxygens (including phenoxy) is 2. The summed E-state index contributed by atoms with van der Waals surface area (Å²) in [7, 11) is 3.71. The summed E-state index contributed by atoms with van der Waals surface area (Å²) in [5, 5.41) is 0. The van der Waals surface area contributed by atoms with E-state index in [2.05, 4.69) is 19.9 Å². The van der Waals surface area contributed by atoms with E-state index >= 15 is 0 Å². The van der Waals surface area contributed by atoms with Gasteiger partial charge in [0.05, 0.1) is 12.2 Å². The van der Waals surface area contributed by atoms with Gasteiger partial charge in [0, 0.05) is 20.1 Å². The normalized spacial score (nSPS) is 41.6. The van der Waals surface area contributed by atoms with Crippen molar-refractivity contribution in [2.75, 3.05) is 14.2 Å². The molecule has 2 aliphatic carbocycles. The van der Waals surface area contributed by atoms with E-state index in [1.165, 1.54) is 37.7 Å². The van der Waals surface area contributed by atoms with Gasteiger partial charge >= 0.3 is 0 Å². The molecular formula is C16H28O2. The number of hydrogen-bond acceptors (Lipinski definition) is 2. The van der Waals surface area contributed by atoms with Gasteiger partial charge in [-0.1, -0.05) is 19.9 Å². The second kappa shape index (κ2) is 6.21. The lowest BCUT2D eigenvalue weighted by Crippen LogP contribution is -2.36. The second-order valence-corrected chi connectivity index (χ2v) is 6.24. The predicted octanol–water partition coefficient (Wildman–Crippen LogP) is 3.81. The molecule has 5 atom stereocenters. The molecule has 0 aromatic rings. The van der Waals surface area contributed by atoms with E-state index in [0.29, 0.717) is 24.0 Å². The summed E-state index contributed by atoms with van der Waals surface area (Å²) < 4.78 is 11.4. The Bertz CT molecular complexity index is 297. The maximum atomic E-state index is 5.74. The molecule has 0 spiro atoms. The molecule has 2 heteroatoms. The molecule has 0 bridgehead atoms. The Morgan fingerprint density at radius 1 is 1.00 bits per heavy atom. The van der Waals surface area contributed by atoms with Crippen molar-refractivity contribution in [3.05, 3.63) is 11.6 Å². The van der Waals surface area contributed by atoms with Gasteiger partial charge in [-0.3, -0.25) is 0 Å². The molecule has 104 valence electrons. The minimum Gasteiger partial charge on any atom is -0.381 e. The van der Waals surface area contributed by atoms with Crippen LogP contribution >= 0.6 is 0 Å². The highest BCUT2D eigenvalue weighted by Gasteiger charge is 2.35. The fourth-order valence-electron chi connectivity index (χ4n) is 3.70. The number of allylic oxidation sites excluding steroid dienone is 1. The predicted molar refractivity (Wildman–Crippen MR) is 74.6 cm³/mol.